The highest BCUT2D eigenvalue weighted by atomic mass is 16.5. The number of hydrogen-bond acceptors (Lipinski definition) is 5. The lowest BCUT2D eigenvalue weighted by Crippen LogP contribution is -2.23. The molecule has 1 aromatic carbocycles. The minimum absolute atomic E-state index is 0.0102. The number of carbonyl (C=O) groups is 1. The molecule has 0 fully saturated rings. The first-order valence-electron chi connectivity index (χ1n) is 7.58. The summed E-state index contributed by atoms with van der Waals surface area (Å²) in [4.78, 5) is 12.1. The van der Waals surface area contributed by atoms with E-state index < -0.39 is 5.91 Å². The van der Waals surface area contributed by atoms with E-state index in [1.165, 1.54) is 12.3 Å². The van der Waals surface area contributed by atoms with Gasteiger partial charge in [-0.15, -0.1) is 0 Å². The van der Waals surface area contributed by atoms with Crippen molar-refractivity contribution in [1.29, 1.82) is 5.26 Å². The van der Waals surface area contributed by atoms with Crippen LogP contribution in [0.2, 0.25) is 0 Å². The number of benzene rings is 1. The number of amides is 1. The van der Waals surface area contributed by atoms with E-state index in [9.17, 15) is 10.1 Å². The number of nitriles is 1. The van der Waals surface area contributed by atoms with E-state index in [2.05, 4.69) is 5.32 Å². The molecule has 2 aromatic rings. The first-order valence-corrected chi connectivity index (χ1v) is 7.58. The largest absolute Gasteiger partial charge is 0.490 e. The number of carbonyl (C=O) groups excluding carboxylic acids is 1. The molecule has 0 saturated heterocycles. The Morgan fingerprint density at radius 3 is 2.83 bits per heavy atom. The van der Waals surface area contributed by atoms with Crippen molar-refractivity contribution >= 4 is 12.0 Å². The van der Waals surface area contributed by atoms with Crippen molar-refractivity contribution in [2.45, 2.75) is 13.0 Å². The molecule has 0 atom stereocenters. The quantitative estimate of drug-likeness (QED) is 0.690. The molecule has 24 heavy (non-hydrogen) atoms. The predicted octanol–water partition coefficient (Wildman–Crippen LogP) is 2.66. The Morgan fingerprint density at radius 2 is 2.08 bits per heavy atom. The maximum absolute atomic E-state index is 12.1. The van der Waals surface area contributed by atoms with Gasteiger partial charge < -0.3 is 19.2 Å². The second-order valence-corrected chi connectivity index (χ2v) is 5.19. The van der Waals surface area contributed by atoms with Gasteiger partial charge in [-0.25, -0.2) is 0 Å². The molecule has 2 heterocycles. The lowest BCUT2D eigenvalue weighted by molar-refractivity contribution is -0.117. The van der Waals surface area contributed by atoms with Crippen molar-refractivity contribution in [1.82, 2.24) is 5.32 Å². The standard InChI is InChI=1S/C18H16N2O4/c19-11-14(18(21)20-12-15-3-1-6-22-15)9-13-4-5-16-17(10-13)24-8-2-7-23-16/h1,3-6,9-10H,2,7-8,12H2,(H,20,21)/b14-9+. The molecule has 0 bridgehead atoms. The topological polar surface area (TPSA) is 84.5 Å². The van der Waals surface area contributed by atoms with Crippen molar-refractivity contribution < 1.29 is 18.7 Å². The van der Waals surface area contributed by atoms with Crippen LogP contribution in [0.4, 0.5) is 0 Å². The fourth-order valence-corrected chi connectivity index (χ4v) is 2.26. The SMILES string of the molecule is N#C/C(=C\c1ccc2c(c1)OCCCO2)C(=O)NCc1ccco1. The van der Waals surface area contributed by atoms with E-state index in [0.717, 1.165) is 6.42 Å². The second kappa shape index (κ2) is 7.38. The first kappa shape index (κ1) is 15.7. The Morgan fingerprint density at radius 1 is 1.25 bits per heavy atom. The summed E-state index contributed by atoms with van der Waals surface area (Å²) in [5.41, 5.74) is 0.708. The number of rotatable bonds is 4. The van der Waals surface area contributed by atoms with Gasteiger partial charge in [0.2, 0.25) is 0 Å². The van der Waals surface area contributed by atoms with Crippen LogP contribution in [0.1, 0.15) is 17.7 Å². The van der Waals surface area contributed by atoms with Gasteiger partial charge in [0.05, 0.1) is 26.0 Å². The monoisotopic (exact) mass is 324 g/mol. The molecule has 0 aliphatic carbocycles. The zero-order chi connectivity index (χ0) is 16.8. The van der Waals surface area contributed by atoms with Crippen LogP contribution in [0.5, 0.6) is 11.5 Å². The van der Waals surface area contributed by atoms with Crippen LogP contribution in [-0.4, -0.2) is 19.1 Å². The molecule has 0 spiro atoms. The number of ether oxygens (including phenoxy) is 2. The summed E-state index contributed by atoms with van der Waals surface area (Å²) in [5.74, 6) is 1.46. The summed E-state index contributed by atoms with van der Waals surface area (Å²) in [6, 6.07) is 10.7. The molecule has 6 heteroatoms. The van der Waals surface area contributed by atoms with Gasteiger partial charge in [-0.05, 0) is 35.9 Å². The van der Waals surface area contributed by atoms with Crippen LogP contribution in [-0.2, 0) is 11.3 Å². The fourth-order valence-electron chi connectivity index (χ4n) is 2.26. The summed E-state index contributed by atoms with van der Waals surface area (Å²) in [7, 11) is 0. The van der Waals surface area contributed by atoms with Crippen LogP contribution < -0.4 is 14.8 Å². The average molecular weight is 324 g/mol. The van der Waals surface area contributed by atoms with Gasteiger partial charge in [-0.1, -0.05) is 6.07 Å². The second-order valence-electron chi connectivity index (χ2n) is 5.19. The zero-order valence-corrected chi connectivity index (χ0v) is 13.0. The molecule has 1 N–H and O–H groups in total. The molecular weight excluding hydrogens is 308 g/mol. The van der Waals surface area contributed by atoms with E-state index in [4.69, 9.17) is 13.9 Å². The summed E-state index contributed by atoms with van der Waals surface area (Å²) < 4.78 is 16.3. The lowest BCUT2D eigenvalue weighted by atomic mass is 10.1. The number of nitrogens with zero attached hydrogens (tertiary/aromatic N) is 1. The zero-order valence-electron chi connectivity index (χ0n) is 13.0. The third-order valence-corrected chi connectivity index (χ3v) is 3.45. The lowest BCUT2D eigenvalue weighted by Gasteiger charge is -2.08. The number of hydrogen-bond donors (Lipinski definition) is 1. The van der Waals surface area contributed by atoms with E-state index in [1.54, 1.807) is 30.3 Å². The summed E-state index contributed by atoms with van der Waals surface area (Å²) in [6.45, 7) is 1.42. The Labute approximate surface area is 139 Å². The highest BCUT2D eigenvalue weighted by Gasteiger charge is 2.13. The van der Waals surface area contributed by atoms with Crippen LogP contribution in [0.25, 0.3) is 6.08 Å². The molecule has 3 rings (SSSR count). The van der Waals surface area contributed by atoms with Crippen molar-refractivity contribution in [2.24, 2.45) is 0 Å². The molecule has 1 amide bonds. The van der Waals surface area contributed by atoms with E-state index in [1.807, 2.05) is 6.07 Å². The molecule has 6 nitrogen and oxygen atoms in total. The first-order chi connectivity index (χ1) is 11.8. The molecular formula is C18H16N2O4. The minimum Gasteiger partial charge on any atom is -0.490 e. The van der Waals surface area contributed by atoms with Gasteiger partial charge in [-0.3, -0.25) is 4.79 Å². The molecule has 0 saturated carbocycles. The van der Waals surface area contributed by atoms with Crippen LogP contribution in [0.3, 0.4) is 0 Å². The normalized spacial score (nSPS) is 13.7. The fraction of sp³-hybridized carbons (Fsp3) is 0.222. The number of nitrogens with one attached hydrogen (secondary N) is 1. The van der Waals surface area contributed by atoms with Crippen molar-refractivity contribution in [3.8, 4) is 17.6 Å². The Balaban J connectivity index is 1.73. The summed E-state index contributed by atoms with van der Waals surface area (Å²) >= 11 is 0. The summed E-state index contributed by atoms with van der Waals surface area (Å²) in [5, 5.41) is 11.9. The smallest absolute Gasteiger partial charge is 0.262 e. The van der Waals surface area contributed by atoms with Crippen LogP contribution >= 0.6 is 0 Å². The Hall–Kier alpha value is -3.20. The maximum Gasteiger partial charge on any atom is 0.262 e. The van der Waals surface area contributed by atoms with Crippen molar-refractivity contribution in [3.05, 3.63) is 53.5 Å². The maximum atomic E-state index is 12.1. The minimum atomic E-state index is -0.457. The average Bonchev–Trinajstić information content (AvgIpc) is 3.01. The predicted molar refractivity (Wildman–Crippen MR) is 86.2 cm³/mol. The van der Waals surface area contributed by atoms with Gasteiger partial charge >= 0.3 is 0 Å². The molecule has 1 aliphatic heterocycles. The number of fused-ring (bicyclic) bond motifs is 1. The molecule has 0 unspecified atom stereocenters. The third-order valence-electron chi connectivity index (χ3n) is 3.45. The number of furan rings is 1. The van der Waals surface area contributed by atoms with Crippen molar-refractivity contribution in [3.63, 3.8) is 0 Å². The molecule has 1 aliphatic rings. The third kappa shape index (κ3) is 3.76. The highest BCUT2D eigenvalue weighted by Crippen LogP contribution is 2.31. The van der Waals surface area contributed by atoms with Gasteiger partial charge in [0, 0.05) is 6.42 Å². The summed E-state index contributed by atoms with van der Waals surface area (Å²) in [6.07, 6.45) is 3.87. The van der Waals surface area contributed by atoms with E-state index in [-0.39, 0.29) is 12.1 Å². The molecule has 0 radical (unpaired) electrons. The highest BCUT2D eigenvalue weighted by molar-refractivity contribution is 6.01. The van der Waals surface area contributed by atoms with Gasteiger partial charge in [0.25, 0.3) is 5.91 Å². The Kier molecular flexibility index (Phi) is 4.82. The van der Waals surface area contributed by atoms with Gasteiger partial charge in [0.15, 0.2) is 11.5 Å². The van der Waals surface area contributed by atoms with Crippen LogP contribution in [0.15, 0.2) is 46.6 Å². The van der Waals surface area contributed by atoms with E-state index in [0.29, 0.717) is 36.0 Å². The van der Waals surface area contributed by atoms with Crippen LogP contribution in [0, 0.1) is 11.3 Å². The van der Waals surface area contributed by atoms with Crippen molar-refractivity contribution in [2.75, 3.05) is 13.2 Å². The Bertz CT molecular complexity index is 788. The van der Waals surface area contributed by atoms with E-state index >= 15 is 0 Å². The molecule has 1 aromatic heterocycles. The molecule has 122 valence electrons. The van der Waals surface area contributed by atoms with Gasteiger partial charge in [0.1, 0.15) is 17.4 Å². The van der Waals surface area contributed by atoms with Gasteiger partial charge in [-0.2, -0.15) is 5.26 Å².